The quantitative estimate of drug-likeness (QED) is 0.142. The Labute approximate surface area is 301 Å². The van der Waals surface area contributed by atoms with Gasteiger partial charge in [-0.15, -0.1) is 11.8 Å². The Balaban J connectivity index is 1.24. The Bertz CT molecular complexity index is 2100. The summed E-state index contributed by atoms with van der Waals surface area (Å²) in [6, 6.07) is 34.2. The molecule has 6 atom stereocenters. The van der Waals surface area contributed by atoms with Gasteiger partial charge < -0.3 is 14.0 Å². The zero-order valence-electron chi connectivity index (χ0n) is 28.7. The molecule has 1 heterocycles. The van der Waals surface area contributed by atoms with Crippen LogP contribution < -0.4 is 9.47 Å². The Morgan fingerprint density at radius 2 is 1.43 bits per heavy atom. The number of hydrogen-bond acceptors (Lipinski definition) is 9. The molecule has 0 unspecified atom stereocenters. The van der Waals surface area contributed by atoms with Crippen molar-refractivity contribution in [1.29, 1.82) is 0 Å². The van der Waals surface area contributed by atoms with Gasteiger partial charge in [-0.2, -0.15) is 0 Å². The number of carbonyl (C=O) groups is 3. The average molecular weight is 699 g/mol. The van der Waals surface area contributed by atoms with Crippen molar-refractivity contribution in [2.24, 2.45) is 17.8 Å². The van der Waals surface area contributed by atoms with Crippen LogP contribution in [0, 0.1) is 17.8 Å². The number of fused-ring (bicyclic) bond motifs is 4. The Kier molecular flexibility index (Phi) is 8.64. The van der Waals surface area contributed by atoms with Gasteiger partial charge in [-0.25, -0.2) is 0 Å². The number of benzene rings is 4. The third kappa shape index (κ3) is 5.50. The smallest absolute Gasteiger partial charge is 0.265 e. The zero-order chi connectivity index (χ0) is 35.3. The second-order valence-corrected chi connectivity index (χ2v) is 15.2. The molecule has 0 spiro atoms. The molecule has 258 valence electrons. The Morgan fingerprint density at radius 3 is 2.08 bits per heavy atom. The molecule has 0 radical (unpaired) electrons. The van der Waals surface area contributed by atoms with Crippen LogP contribution >= 0.6 is 11.8 Å². The van der Waals surface area contributed by atoms with Gasteiger partial charge in [-0.3, -0.25) is 19.3 Å². The summed E-state index contributed by atoms with van der Waals surface area (Å²) < 4.78 is 16.8. The number of aromatic nitrogens is 1. The van der Waals surface area contributed by atoms with Gasteiger partial charge in [0.25, 0.3) is 5.88 Å². The number of rotatable bonds is 9. The van der Waals surface area contributed by atoms with Gasteiger partial charge in [0.2, 0.25) is 0 Å². The molecule has 9 heteroatoms. The second-order valence-electron chi connectivity index (χ2n) is 13.9. The van der Waals surface area contributed by atoms with Crippen LogP contribution in [-0.2, 0) is 18.0 Å². The molecule has 1 saturated carbocycles. The largest absolute Gasteiger partial charge is 0.488 e. The van der Waals surface area contributed by atoms with Crippen LogP contribution in [0.5, 0.6) is 11.6 Å². The topological polar surface area (TPSA) is 98.9 Å². The van der Waals surface area contributed by atoms with E-state index in [0.717, 1.165) is 21.6 Å². The molecule has 5 aromatic rings. The molecular formula is C42H38N2O6S. The van der Waals surface area contributed by atoms with Gasteiger partial charge in [0, 0.05) is 4.90 Å². The van der Waals surface area contributed by atoms with Gasteiger partial charge >= 0.3 is 0 Å². The molecule has 0 N–H and O–H groups in total. The van der Waals surface area contributed by atoms with Crippen LogP contribution in [0.1, 0.15) is 68.5 Å². The fraction of sp³-hybridized carbons (Fsp3) is 0.286. The lowest BCUT2D eigenvalue weighted by molar-refractivity contribution is -0.130. The predicted octanol–water partition coefficient (Wildman–Crippen LogP) is 7.98. The summed E-state index contributed by atoms with van der Waals surface area (Å²) >= 11 is 1.27. The van der Waals surface area contributed by atoms with Gasteiger partial charge in [0.05, 0.1) is 17.5 Å². The number of ketones is 3. The number of Topliss-reactive ketones (excluding diaryl/α,β-unsaturated/α-hetero) is 3. The molecule has 0 aliphatic heterocycles. The number of carbonyl (C=O) groups excluding carboxylic acids is 3. The minimum Gasteiger partial charge on any atom is -0.488 e. The Morgan fingerprint density at radius 1 is 0.804 bits per heavy atom. The van der Waals surface area contributed by atoms with Crippen molar-refractivity contribution < 1.29 is 28.4 Å². The number of ether oxygens (including phenoxy) is 2. The van der Waals surface area contributed by atoms with Crippen LogP contribution in [0.3, 0.4) is 0 Å². The maximum atomic E-state index is 15.6. The highest BCUT2D eigenvalue weighted by molar-refractivity contribution is 8.02. The van der Waals surface area contributed by atoms with Crippen LogP contribution in [0.15, 0.2) is 119 Å². The van der Waals surface area contributed by atoms with Crippen LogP contribution in [-0.4, -0.2) is 46.2 Å². The summed E-state index contributed by atoms with van der Waals surface area (Å²) in [4.78, 5) is 48.5. The lowest BCUT2D eigenvalue weighted by Crippen LogP contribution is -2.64. The molecule has 0 saturated heterocycles. The standard InChI is InChI=1S/C42H38N2O6S/c1-25-29-20-13-21-32(48-23-26-14-7-4-8-15-26)33(29)39(46)42(51-28-18-11-6-12-19-28)31(25)22-30-34(40(42)47)37(45)35-38(36(30)44(2)3)50-43-41(35)49-24-27-16-9-5-10-17-27/h4-21,25,30-31,34,36H,22-24H2,1-3H3/t25-,30+,31-,34-,36-,42+/m0/s1. The van der Waals surface area contributed by atoms with E-state index in [4.69, 9.17) is 14.0 Å². The molecule has 0 amide bonds. The van der Waals surface area contributed by atoms with Gasteiger partial charge in [0.1, 0.15) is 29.3 Å². The molecular weight excluding hydrogens is 661 g/mol. The van der Waals surface area contributed by atoms with Gasteiger partial charge in [0.15, 0.2) is 23.1 Å². The maximum absolute atomic E-state index is 15.6. The third-order valence-corrected chi connectivity index (χ3v) is 12.3. The third-order valence-electron chi connectivity index (χ3n) is 10.8. The SMILES string of the molecule is C[C@H]1c2cccc(OCc3ccccc3)c2C(=O)[C@@]2(Sc3ccccc3)C(=O)[C@@H]3C(=O)c4c(OCc5ccccc5)noc4[C@@H](N(C)C)[C@@H]3C[C@@H]12. The van der Waals surface area contributed by atoms with Crippen molar-refractivity contribution in [2.75, 3.05) is 14.1 Å². The van der Waals surface area contributed by atoms with Crippen molar-refractivity contribution in [1.82, 2.24) is 10.1 Å². The molecule has 8 rings (SSSR count). The zero-order valence-corrected chi connectivity index (χ0v) is 29.5. The number of nitrogens with zero attached hydrogens (tertiary/aromatic N) is 2. The molecule has 1 aromatic heterocycles. The van der Waals surface area contributed by atoms with Crippen molar-refractivity contribution in [3.8, 4) is 11.6 Å². The van der Waals surface area contributed by atoms with E-state index < -0.39 is 34.3 Å². The first-order chi connectivity index (χ1) is 24.8. The van der Waals surface area contributed by atoms with Crippen LogP contribution in [0.4, 0.5) is 0 Å². The van der Waals surface area contributed by atoms with E-state index in [2.05, 4.69) is 12.1 Å². The average Bonchev–Trinajstić information content (AvgIpc) is 3.58. The first kappa shape index (κ1) is 33.2. The number of thioether (sulfide) groups is 1. The summed E-state index contributed by atoms with van der Waals surface area (Å²) in [5, 5.41) is 4.23. The van der Waals surface area contributed by atoms with E-state index in [1.165, 1.54) is 11.8 Å². The van der Waals surface area contributed by atoms with Gasteiger partial charge in [-0.1, -0.05) is 97.9 Å². The predicted molar refractivity (Wildman–Crippen MR) is 193 cm³/mol. The molecule has 51 heavy (non-hydrogen) atoms. The summed E-state index contributed by atoms with van der Waals surface area (Å²) in [5.41, 5.74) is 3.32. The highest BCUT2D eigenvalue weighted by atomic mass is 32.2. The fourth-order valence-corrected chi connectivity index (χ4v) is 9.99. The first-order valence-corrected chi connectivity index (χ1v) is 18.1. The highest BCUT2D eigenvalue weighted by Gasteiger charge is 2.68. The monoisotopic (exact) mass is 698 g/mol. The van der Waals surface area contributed by atoms with E-state index in [9.17, 15) is 4.79 Å². The van der Waals surface area contributed by atoms with Crippen LogP contribution in [0.25, 0.3) is 0 Å². The summed E-state index contributed by atoms with van der Waals surface area (Å²) in [7, 11) is 3.83. The molecule has 8 nitrogen and oxygen atoms in total. The van der Waals surface area contributed by atoms with E-state index in [0.29, 0.717) is 23.5 Å². The van der Waals surface area contributed by atoms with E-state index in [1.807, 2.05) is 122 Å². The van der Waals surface area contributed by atoms with E-state index in [1.54, 1.807) is 6.07 Å². The van der Waals surface area contributed by atoms with E-state index >= 15 is 9.59 Å². The summed E-state index contributed by atoms with van der Waals surface area (Å²) in [6.45, 7) is 2.54. The molecule has 4 aromatic carbocycles. The van der Waals surface area contributed by atoms with Crippen molar-refractivity contribution >= 4 is 29.1 Å². The molecule has 1 fully saturated rings. The molecule has 0 bridgehead atoms. The van der Waals surface area contributed by atoms with Gasteiger partial charge in [-0.05, 0) is 78.3 Å². The first-order valence-electron chi connectivity index (χ1n) is 17.3. The van der Waals surface area contributed by atoms with Crippen molar-refractivity contribution in [3.05, 3.63) is 143 Å². The normalized spacial score (nSPS) is 25.1. The fourth-order valence-electron chi connectivity index (χ4n) is 8.45. The van der Waals surface area contributed by atoms with Crippen molar-refractivity contribution in [3.63, 3.8) is 0 Å². The molecule has 3 aliphatic rings. The summed E-state index contributed by atoms with van der Waals surface area (Å²) in [5.74, 6) is -2.35. The van der Waals surface area contributed by atoms with Crippen LogP contribution in [0.2, 0.25) is 0 Å². The minimum absolute atomic E-state index is 0.0640. The maximum Gasteiger partial charge on any atom is 0.265 e. The lowest BCUT2D eigenvalue weighted by Gasteiger charge is -2.54. The van der Waals surface area contributed by atoms with Crippen molar-refractivity contribution in [2.45, 2.75) is 48.2 Å². The molecule has 3 aliphatic carbocycles. The minimum atomic E-state index is -1.58. The number of hydrogen-bond donors (Lipinski definition) is 0. The second kappa shape index (κ2) is 13.3. The summed E-state index contributed by atoms with van der Waals surface area (Å²) in [6.07, 6.45) is 0.451. The Hall–Kier alpha value is -4.99. The highest BCUT2D eigenvalue weighted by Crippen LogP contribution is 2.62. The lowest BCUT2D eigenvalue weighted by atomic mass is 9.53. The van der Waals surface area contributed by atoms with E-state index in [-0.39, 0.29) is 42.1 Å².